The molecule has 0 atom stereocenters. The van der Waals surface area contributed by atoms with E-state index in [0.717, 1.165) is 50.9 Å². The smallest absolute Gasteiger partial charge is 0.324 e. The summed E-state index contributed by atoms with van der Waals surface area (Å²) in [6.45, 7) is 4.17. The lowest BCUT2D eigenvalue weighted by atomic mass is 10.0. The van der Waals surface area contributed by atoms with Crippen LogP contribution in [0.5, 0.6) is 11.5 Å². The summed E-state index contributed by atoms with van der Waals surface area (Å²) >= 11 is 8.05. The molecule has 1 aromatic heterocycles. The molecule has 2 N–H and O–H groups in total. The largest absolute Gasteiger partial charge is 0.493 e. The number of hydrogen-bond acceptors (Lipinski definition) is 4. The monoisotopic (exact) mass is 494 g/mol. The minimum Gasteiger partial charge on any atom is -0.493 e. The summed E-state index contributed by atoms with van der Waals surface area (Å²) in [5, 5.41) is 8.39. The van der Waals surface area contributed by atoms with Crippen molar-refractivity contribution in [1.82, 2.24) is 0 Å². The zero-order valence-corrected chi connectivity index (χ0v) is 21.2. The third kappa shape index (κ3) is 4.56. The first-order valence-electron chi connectivity index (χ1n) is 11.1. The average molecular weight is 495 g/mol. The molecule has 176 valence electrons. The number of thiophene rings is 1. The number of hydrogen-bond donors (Lipinski definition) is 2. The molecule has 0 spiro atoms. The first-order chi connectivity index (χ1) is 16.5. The summed E-state index contributed by atoms with van der Waals surface area (Å²) in [5.41, 5.74) is 4.76. The van der Waals surface area contributed by atoms with Gasteiger partial charge in [-0.05, 0) is 36.1 Å². The number of benzene rings is 3. The lowest BCUT2D eigenvalue weighted by molar-refractivity contribution is 0.262. The molecule has 0 aliphatic rings. The molecule has 0 saturated carbocycles. The third-order valence-corrected chi connectivity index (χ3v) is 7.20. The number of rotatable bonds is 7. The van der Waals surface area contributed by atoms with Gasteiger partial charge in [-0.25, -0.2) is 4.79 Å². The van der Waals surface area contributed by atoms with Crippen molar-refractivity contribution in [2.75, 3.05) is 24.9 Å². The van der Waals surface area contributed by atoms with E-state index in [-0.39, 0.29) is 6.03 Å². The van der Waals surface area contributed by atoms with Gasteiger partial charge in [0.05, 0.1) is 14.2 Å². The zero-order valence-electron chi connectivity index (χ0n) is 19.6. The van der Waals surface area contributed by atoms with Gasteiger partial charge in [-0.1, -0.05) is 61.8 Å². The first-order valence-corrected chi connectivity index (χ1v) is 12.3. The van der Waals surface area contributed by atoms with Gasteiger partial charge >= 0.3 is 6.03 Å². The van der Waals surface area contributed by atoms with Gasteiger partial charge < -0.3 is 14.8 Å². The second kappa shape index (κ2) is 10.4. The van der Waals surface area contributed by atoms with Gasteiger partial charge in [0.15, 0.2) is 11.5 Å². The molecule has 0 aliphatic heterocycles. The van der Waals surface area contributed by atoms with Crippen LogP contribution >= 0.6 is 22.9 Å². The number of anilines is 2. The average Bonchev–Trinajstić information content (AvgIpc) is 3.19. The minimum absolute atomic E-state index is 0.297. The number of nitrogens with one attached hydrogen (secondary N) is 2. The molecule has 0 unspecified atom stereocenters. The van der Waals surface area contributed by atoms with Crippen molar-refractivity contribution in [2.45, 2.75) is 26.7 Å². The SMILES string of the molecule is CCc1cccc(CC)c1NC(=O)Nc1sc2cc(OC)c(OC)cc2c1-c1ccccc1Cl. The lowest BCUT2D eigenvalue weighted by Crippen LogP contribution is -2.21. The highest BCUT2D eigenvalue weighted by Gasteiger charge is 2.21. The van der Waals surface area contributed by atoms with Crippen molar-refractivity contribution in [2.24, 2.45) is 0 Å². The van der Waals surface area contributed by atoms with Crippen LogP contribution in [0.15, 0.2) is 54.6 Å². The minimum atomic E-state index is -0.297. The Kier molecular flexibility index (Phi) is 7.29. The number of urea groups is 1. The van der Waals surface area contributed by atoms with Crippen LogP contribution in [-0.2, 0) is 12.8 Å². The van der Waals surface area contributed by atoms with E-state index >= 15 is 0 Å². The highest BCUT2D eigenvalue weighted by molar-refractivity contribution is 7.23. The van der Waals surface area contributed by atoms with Gasteiger partial charge in [-0.2, -0.15) is 0 Å². The molecule has 3 aromatic carbocycles. The zero-order chi connectivity index (χ0) is 24.2. The first kappa shape index (κ1) is 23.9. The van der Waals surface area contributed by atoms with E-state index in [9.17, 15) is 4.79 Å². The lowest BCUT2D eigenvalue weighted by Gasteiger charge is -2.15. The number of para-hydroxylation sites is 1. The molecule has 0 radical (unpaired) electrons. The maximum atomic E-state index is 13.2. The van der Waals surface area contributed by atoms with Crippen LogP contribution in [0.1, 0.15) is 25.0 Å². The molecule has 0 aliphatic carbocycles. The van der Waals surface area contributed by atoms with E-state index in [1.807, 2.05) is 54.6 Å². The standard InChI is InChI=1S/C27H27ClN2O3S/c1-5-16-10-9-11-17(6-2)25(16)29-27(31)30-26-24(18-12-7-8-13-20(18)28)19-14-21(32-3)22(33-4)15-23(19)34-26/h7-15H,5-6H2,1-4H3,(H2,29,30,31). The molecule has 4 aromatic rings. The number of amides is 2. The maximum absolute atomic E-state index is 13.2. The summed E-state index contributed by atoms with van der Waals surface area (Å²) in [5.74, 6) is 1.24. The Morgan fingerprint density at radius 1 is 0.912 bits per heavy atom. The summed E-state index contributed by atoms with van der Waals surface area (Å²) in [4.78, 5) is 13.2. The topological polar surface area (TPSA) is 59.6 Å². The van der Waals surface area contributed by atoms with Crippen molar-refractivity contribution >= 4 is 49.7 Å². The van der Waals surface area contributed by atoms with Crippen LogP contribution in [0.2, 0.25) is 5.02 Å². The number of aryl methyl sites for hydroxylation is 2. The van der Waals surface area contributed by atoms with E-state index < -0.39 is 0 Å². The predicted octanol–water partition coefficient (Wildman–Crippen LogP) is 8.01. The van der Waals surface area contributed by atoms with Gasteiger partial charge in [0.2, 0.25) is 0 Å². The molecular formula is C27H27ClN2O3S. The molecule has 0 bridgehead atoms. The van der Waals surface area contributed by atoms with Gasteiger partial charge in [-0.3, -0.25) is 5.32 Å². The van der Waals surface area contributed by atoms with E-state index in [1.54, 1.807) is 14.2 Å². The van der Waals surface area contributed by atoms with Crippen LogP contribution in [0.3, 0.4) is 0 Å². The van der Waals surface area contributed by atoms with Crippen molar-refractivity contribution < 1.29 is 14.3 Å². The third-order valence-electron chi connectivity index (χ3n) is 5.80. The maximum Gasteiger partial charge on any atom is 0.324 e. The molecule has 4 rings (SSSR count). The van der Waals surface area contributed by atoms with Crippen molar-refractivity contribution in [3.63, 3.8) is 0 Å². The van der Waals surface area contributed by atoms with Gasteiger partial charge in [0, 0.05) is 38.0 Å². The summed E-state index contributed by atoms with van der Waals surface area (Å²) in [6, 6.07) is 17.3. The fourth-order valence-electron chi connectivity index (χ4n) is 4.09. The molecular weight excluding hydrogens is 468 g/mol. The summed E-state index contributed by atoms with van der Waals surface area (Å²) < 4.78 is 12.0. The highest BCUT2D eigenvalue weighted by atomic mass is 35.5. The van der Waals surface area contributed by atoms with E-state index in [1.165, 1.54) is 11.3 Å². The molecule has 0 fully saturated rings. The van der Waals surface area contributed by atoms with Crippen LogP contribution < -0.4 is 20.1 Å². The van der Waals surface area contributed by atoms with Gasteiger partial charge in [0.25, 0.3) is 0 Å². The Bertz CT molecular complexity index is 1330. The molecule has 5 nitrogen and oxygen atoms in total. The normalized spacial score (nSPS) is 10.9. The van der Waals surface area contributed by atoms with E-state index in [2.05, 4.69) is 24.5 Å². The predicted molar refractivity (Wildman–Crippen MR) is 143 cm³/mol. The molecule has 1 heterocycles. The Balaban J connectivity index is 1.80. The Morgan fingerprint density at radius 2 is 1.56 bits per heavy atom. The molecule has 2 amide bonds. The molecule has 0 saturated heterocycles. The van der Waals surface area contributed by atoms with Crippen LogP contribution in [0, 0.1) is 0 Å². The quantitative estimate of drug-likeness (QED) is 0.273. The summed E-state index contributed by atoms with van der Waals surface area (Å²) in [7, 11) is 3.21. The van der Waals surface area contributed by atoms with Crippen molar-refractivity contribution in [1.29, 1.82) is 0 Å². The summed E-state index contributed by atoms with van der Waals surface area (Å²) in [6.07, 6.45) is 1.66. The number of carbonyl (C=O) groups is 1. The number of fused-ring (bicyclic) bond motifs is 1. The molecule has 7 heteroatoms. The Labute approximate surface area is 208 Å². The second-order valence-electron chi connectivity index (χ2n) is 7.73. The van der Waals surface area contributed by atoms with E-state index in [0.29, 0.717) is 21.5 Å². The highest BCUT2D eigenvalue weighted by Crippen LogP contribution is 2.48. The second-order valence-corrected chi connectivity index (χ2v) is 9.19. The van der Waals surface area contributed by atoms with Crippen molar-refractivity contribution in [3.8, 4) is 22.6 Å². The van der Waals surface area contributed by atoms with Gasteiger partial charge in [-0.15, -0.1) is 11.3 Å². The number of methoxy groups -OCH3 is 2. The fourth-order valence-corrected chi connectivity index (χ4v) is 5.45. The van der Waals surface area contributed by atoms with Crippen LogP contribution in [0.4, 0.5) is 15.5 Å². The van der Waals surface area contributed by atoms with Crippen molar-refractivity contribution in [3.05, 3.63) is 70.7 Å². The Hall–Kier alpha value is -3.22. The van der Waals surface area contributed by atoms with Crippen LogP contribution in [0.25, 0.3) is 21.2 Å². The van der Waals surface area contributed by atoms with Crippen LogP contribution in [-0.4, -0.2) is 20.3 Å². The van der Waals surface area contributed by atoms with Gasteiger partial charge in [0.1, 0.15) is 5.00 Å². The fraction of sp³-hybridized carbons (Fsp3) is 0.222. The van der Waals surface area contributed by atoms with E-state index in [4.69, 9.17) is 21.1 Å². The number of halogens is 1. The molecule has 34 heavy (non-hydrogen) atoms. The number of ether oxygens (including phenoxy) is 2. The number of carbonyl (C=O) groups excluding carboxylic acids is 1. The Morgan fingerprint density at radius 3 is 2.18 bits per heavy atom.